The number of hydrogen-bond acceptors (Lipinski definition) is 5. The first-order chi connectivity index (χ1) is 12.8. The number of ether oxygens (including phenoxy) is 1. The van der Waals surface area contributed by atoms with Crippen LogP contribution in [0.3, 0.4) is 0 Å². The molecule has 0 unspecified atom stereocenters. The first-order valence-electron chi connectivity index (χ1n) is 8.76. The van der Waals surface area contributed by atoms with Gasteiger partial charge in [-0.3, -0.25) is 4.79 Å². The molecule has 1 N–H and O–H groups in total. The van der Waals surface area contributed by atoms with Crippen molar-refractivity contribution in [3.8, 4) is 5.75 Å². The molecule has 8 nitrogen and oxygen atoms in total. The minimum absolute atomic E-state index is 0.0589. The number of nitrogens with zero attached hydrogens (tertiary/aromatic N) is 3. The molecular weight excluding hydrogens is 368 g/mol. The number of amides is 1. The Morgan fingerprint density at radius 1 is 1.22 bits per heavy atom. The summed E-state index contributed by atoms with van der Waals surface area (Å²) in [6, 6.07) is 7.11. The minimum atomic E-state index is -3.62. The van der Waals surface area contributed by atoms with Crippen molar-refractivity contribution in [2.24, 2.45) is 13.0 Å². The highest BCUT2D eigenvalue weighted by Crippen LogP contribution is 2.25. The number of carbonyl (C=O) groups is 1. The molecule has 0 radical (unpaired) electrons. The van der Waals surface area contributed by atoms with Crippen LogP contribution in [-0.2, 0) is 21.9 Å². The Morgan fingerprint density at radius 3 is 2.37 bits per heavy atom. The van der Waals surface area contributed by atoms with Crippen LogP contribution < -0.4 is 10.1 Å². The van der Waals surface area contributed by atoms with E-state index in [0.29, 0.717) is 37.4 Å². The fraction of sp³-hybridized carbons (Fsp3) is 0.444. The highest BCUT2D eigenvalue weighted by molar-refractivity contribution is 7.89. The molecule has 146 valence electrons. The molecule has 9 heteroatoms. The Labute approximate surface area is 159 Å². The molecule has 1 aliphatic rings. The summed E-state index contributed by atoms with van der Waals surface area (Å²) in [5, 5.41) is 2.94. The number of methoxy groups -OCH3 is 1. The zero-order valence-corrected chi connectivity index (χ0v) is 16.5. The lowest BCUT2D eigenvalue weighted by Crippen LogP contribution is -2.41. The lowest BCUT2D eigenvalue weighted by Gasteiger charge is -2.29. The first kappa shape index (κ1) is 19.4. The maximum Gasteiger partial charge on any atom is 0.262 e. The van der Waals surface area contributed by atoms with Crippen molar-refractivity contribution in [3.63, 3.8) is 0 Å². The van der Waals surface area contributed by atoms with Gasteiger partial charge in [-0.1, -0.05) is 0 Å². The van der Waals surface area contributed by atoms with Gasteiger partial charge in [0.2, 0.25) is 5.91 Å². The number of nitrogens with one attached hydrogen (secondary N) is 1. The van der Waals surface area contributed by atoms with Crippen LogP contribution in [0.2, 0.25) is 0 Å². The van der Waals surface area contributed by atoms with Crippen LogP contribution in [0, 0.1) is 12.8 Å². The molecule has 1 aliphatic heterocycles. The van der Waals surface area contributed by atoms with Gasteiger partial charge in [0, 0.05) is 37.9 Å². The summed E-state index contributed by atoms with van der Waals surface area (Å²) in [7, 11) is -0.278. The summed E-state index contributed by atoms with van der Waals surface area (Å²) in [5.41, 5.74) is 0.694. The smallest absolute Gasteiger partial charge is 0.262 e. The fourth-order valence-electron chi connectivity index (χ4n) is 3.06. The number of carbonyl (C=O) groups excluding carboxylic acids is 1. The number of piperidine rings is 1. The van der Waals surface area contributed by atoms with Crippen LogP contribution in [0.5, 0.6) is 5.75 Å². The zero-order valence-electron chi connectivity index (χ0n) is 15.7. The second-order valence-electron chi connectivity index (χ2n) is 6.63. The molecule has 3 rings (SSSR count). The molecule has 0 spiro atoms. The van der Waals surface area contributed by atoms with E-state index in [2.05, 4.69) is 10.3 Å². The average Bonchev–Trinajstić information content (AvgIpc) is 3.02. The van der Waals surface area contributed by atoms with Crippen molar-refractivity contribution in [2.75, 3.05) is 25.5 Å². The Bertz CT molecular complexity index is 894. The van der Waals surface area contributed by atoms with E-state index in [0.717, 1.165) is 5.75 Å². The van der Waals surface area contributed by atoms with Crippen LogP contribution in [0.1, 0.15) is 18.7 Å². The Kier molecular flexibility index (Phi) is 5.52. The van der Waals surface area contributed by atoms with Crippen molar-refractivity contribution in [3.05, 3.63) is 36.3 Å². The van der Waals surface area contributed by atoms with Gasteiger partial charge in [-0.25, -0.2) is 13.4 Å². The molecule has 0 saturated carbocycles. The van der Waals surface area contributed by atoms with Crippen molar-refractivity contribution in [1.82, 2.24) is 13.9 Å². The Hall–Kier alpha value is -2.39. The number of anilines is 1. The Morgan fingerprint density at radius 2 is 1.85 bits per heavy atom. The van der Waals surface area contributed by atoms with Crippen LogP contribution in [0.25, 0.3) is 0 Å². The van der Waals surface area contributed by atoms with E-state index >= 15 is 0 Å². The monoisotopic (exact) mass is 392 g/mol. The van der Waals surface area contributed by atoms with Gasteiger partial charge in [-0.15, -0.1) is 0 Å². The number of benzene rings is 1. The van der Waals surface area contributed by atoms with Gasteiger partial charge in [0.15, 0.2) is 5.03 Å². The van der Waals surface area contributed by atoms with E-state index in [-0.39, 0.29) is 16.9 Å². The summed E-state index contributed by atoms with van der Waals surface area (Å²) in [6.45, 7) is 2.37. The van der Waals surface area contributed by atoms with Gasteiger partial charge in [-0.05, 0) is 44.0 Å². The number of aromatic nitrogens is 2. The third-order valence-electron chi connectivity index (χ3n) is 4.87. The SMILES string of the molecule is COc1ccc(NC(=O)C2CCN(S(=O)(=O)c3cn(C)c(C)n3)CC2)cc1. The molecule has 1 aromatic heterocycles. The highest BCUT2D eigenvalue weighted by Gasteiger charge is 2.33. The second-order valence-corrected chi connectivity index (χ2v) is 8.52. The molecule has 27 heavy (non-hydrogen) atoms. The topological polar surface area (TPSA) is 93.5 Å². The number of rotatable bonds is 5. The van der Waals surface area contributed by atoms with Crippen LogP contribution in [-0.4, -0.2) is 48.4 Å². The molecule has 0 aliphatic carbocycles. The second kappa shape index (κ2) is 7.69. The van der Waals surface area contributed by atoms with Crippen molar-refractivity contribution in [1.29, 1.82) is 0 Å². The zero-order chi connectivity index (χ0) is 19.6. The molecule has 1 fully saturated rings. The highest BCUT2D eigenvalue weighted by atomic mass is 32.2. The van der Waals surface area contributed by atoms with E-state index in [4.69, 9.17) is 4.74 Å². The Balaban J connectivity index is 1.59. The summed E-state index contributed by atoms with van der Waals surface area (Å²) in [6.07, 6.45) is 2.48. The number of sulfonamides is 1. The minimum Gasteiger partial charge on any atom is -0.497 e. The maximum absolute atomic E-state index is 12.7. The van der Waals surface area contributed by atoms with Crippen LogP contribution in [0.4, 0.5) is 5.69 Å². The number of hydrogen-bond donors (Lipinski definition) is 1. The third kappa shape index (κ3) is 4.14. The summed E-state index contributed by atoms with van der Waals surface area (Å²) in [5.74, 6) is 1.05. The largest absolute Gasteiger partial charge is 0.497 e. The predicted octanol–water partition coefficient (Wildman–Crippen LogP) is 1.78. The number of imidazole rings is 1. The molecule has 0 bridgehead atoms. The fourth-order valence-corrected chi connectivity index (χ4v) is 4.55. The van der Waals surface area contributed by atoms with E-state index in [1.165, 1.54) is 10.5 Å². The molecule has 0 atom stereocenters. The molecular formula is C18H24N4O4S. The predicted molar refractivity (Wildman–Crippen MR) is 101 cm³/mol. The summed E-state index contributed by atoms with van der Waals surface area (Å²) in [4.78, 5) is 16.6. The van der Waals surface area contributed by atoms with Gasteiger partial charge in [0.25, 0.3) is 10.0 Å². The summed E-state index contributed by atoms with van der Waals surface area (Å²) < 4.78 is 33.6. The van der Waals surface area contributed by atoms with E-state index in [9.17, 15) is 13.2 Å². The van der Waals surface area contributed by atoms with E-state index in [1.54, 1.807) is 49.9 Å². The molecule has 1 aromatic carbocycles. The first-order valence-corrected chi connectivity index (χ1v) is 10.2. The van der Waals surface area contributed by atoms with Crippen molar-refractivity contribution in [2.45, 2.75) is 24.8 Å². The molecule has 2 heterocycles. The van der Waals surface area contributed by atoms with Crippen molar-refractivity contribution < 1.29 is 17.9 Å². The third-order valence-corrected chi connectivity index (χ3v) is 6.64. The van der Waals surface area contributed by atoms with Crippen LogP contribution >= 0.6 is 0 Å². The lowest BCUT2D eigenvalue weighted by molar-refractivity contribution is -0.120. The normalized spacial score (nSPS) is 16.3. The van der Waals surface area contributed by atoms with E-state index in [1.807, 2.05) is 0 Å². The molecule has 1 saturated heterocycles. The molecule has 2 aromatic rings. The van der Waals surface area contributed by atoms with Gasteiger partial charge in [0.1, 0.15) is 11.6 Å². The summed E-state index contributed by atoms with van der Waals surface area (Å²) >= 11 is 0. The van der Waals surface area contributed by atoms with E-state index < -0.39 is 10.0 Å². The lowest BCUT2D eigenvalue weighted by atomic mass is 9.97. The van der Waals surface area contributed by atoms with Gasteiger partial charge in [0.05, 0.1) is 7.11 Å². The maximum atomic E-state index is 12.7. The quantitative estimate of drug-likeness (QED) is 0.837. The van der Waals surface area contributed by atoms with Crippen LogP contribution in [0.15, 0.2) is 35.5 Å². The van der Waals surface area contributed by atoms with Crippen molar-refractivity contribution >= 4 is 21.6 Å². The standard InChI is InChI=1S/C18H24N4O4S/c1-13-19-17(12-21(13)2)27(24,25)22-10-8-14(9-11-22)18(23)20-15-4-6-16(26-3)7-5-15/h4-7,12,14H,8-11H2,1-3H3,(H,20,23). The van der Waals surface area contributed by atoms with Gasteiger partial charge in [-0.2, -0.15) is 4.31 Å². The average molecular weight is 392 g/mol. The molecule has 1 amide bonds. The van der Waals surface area contributed by atoms with Gasteiger partial charge >= 0.3 is 0 Å². The number of aryl methyl sites for hydroxylation is 2. The van der Waals surface area contributed by atoms with Gasteiger partial charge < -0.3 is 14.6 Å².